The largest absolute Gasteiger partial charge is 0.493 e. The first-order chi connectivity index (χ1) is 18.7. The number of fused-ring (bicyclic) bond motifs is 1. The maximum absolute atomic E-state index is 13.8. The van der Waals surface area contributed by atoms with Crippen molar-refractivity contribution in [2.75, 3.05) is 32.2 Å². The summed E-state index contributed by atoms with van der Waals surface area (Å²) in [6.45, 7) is 9.04. The molecule has 0 N–H and O–H groups in total. The molecular weight excluding hydrogens is 518 g/mol. The van der Waals surface area contributed by atoms with E-state index in [1.165, 1.54) is 37.0 Å². The number of esters is 2. The minimum absolute atomic E-state index is 0.231. The number of methoxy groups -OCH3 is 2. The van der Waals surface area contributed by atoms with Gasteiger partial charge in [-0.1, -0.05) is 29.5 Å². The number of anilines is 1. The van der Waals surface area contributed by atoms with Gasteiger partial charge in [-0.15, -0.1) is 0 Å². The highest BCUT2D eigenvalue weighted by molar-refractivity contribution is 7.07. The number of benzene rings is 2. The van der Waals surface area contributed by atoms with Crippen molar-refractivity contribution in [2.45, 2.75) is 33.7 Å². The molecule has 0 saturated heterocycles. The average molecular weight is 550 g/mol. The lowest BCUT2D eigenvalue weighted by Crippen LogP contribution is -2.39. The second kappa shape index (κ2) is 11.7. The number of carbonyl (C=O) groups is 2. The average Bonchev–Trinajstić information content (AvgIpc) is 3.23. The molecule has 0 fully saturated rings. The molecule has 1 aliphatic rings. The molecule has 1 atom stereocenters. The van der Waals surface area contributed by atoms with Crippen LogP contribution >= 0.6 is 11.3 Å². The molecule has 1 aromatic heterocycles. The summed E-state index contributed by atoms with van der Waals surface area (Å²) in [7, 11) is 2.74. The summed E-state index contributed by atoms with van der Waals surface area (Å²) < 4.78 is 17.7. The second-order valence-corrected chi connectivity index (χ2v) is 9.85. The van der Waals surface area contributed by atoms with Gasteiger partial charge in [-0.3, -0.25) is 14.2 Å². The van der Waals surface area contributed by atoms with Gasteiger partial charge < -0.3 is 19.1 Å². The molecule has 3 aromatic rings. The Kier molecular flexibility index (Phi) is 8.35. The van der Waals surface area contributed by atoms with Gasteiger partial charge in [0, 0.05) is 25.7 Å². The van der Waals surface area contributed by atoms with E-state index in [9.17, 15) is 14.4 Å². The fourth-order valence-electron chi connectivity index (χ4n) is 4.62. The Morgan fingerprint density at radius 3 is 2.36 bits per heavy atom. The number of allylic oxidation sites excluding steroid dienone is 1. The fourth-order valence-corrected chi connectivity index (χ4v) is 5.67. The van der Waals surface area contributed by atoms with Crippen LogP contribution in [0.5, 0.6) is 11.5 Å². The summed E-state index contributed by atoms with van der Waals surface area (Å²) in [5.41, 5.74) is 2.97. The summed E-state index contributed by atoms with van der Waals surface area (Å²) in [5.74, 6) is -0.567. The van der Waals surface area contributed by atoms with E-state index in [-0.39, 0.29) is 22.6 Å². The third-order valence-corrected chi connectivity index (χ3v) is 7.49. The molecule has 0 aliphatic carbocycles. The molecule has 10 heteroatoms. The maximum Gasteiger partial charge on any atom is 0.338 e. The molecule has 0 bridgehead atoms. The molecule has 1 unspecified atom stereocenters. The van der Waals surface area contributed by atoms with Crippen molar-refractivity contribution >= 4 is 35.0 Å². The van der Waals surface area contributed by atoms with Gasteiger partial charge in [0.1, 0.15) is 0 Å². The number of carbonyl (C=O) groups excluding carboxylic acids is 2. The standard InChI is InChI=1S/C29H31N3O6S/c1-7-31(8-2)21-12-9-19(10-13-21)15-24-27(34)32-26(25(28(35)37-6)17(3)30-29(32)39-24)20-11-14-22(38-18(4)33)23(16-20)36-5/h9-16,26H,7-8H2,1-6H3/b24-15+. The highest BCUT2D eigenvalue weighted by Gasteiger charge is 2.33. The Balaban J connectivity index is 1.87. The lowest BCUT2D eigenvalue weighted by Gasteiger charge is -2.25. The first-order valence-corrected chi connectivity index (χ1v) is 13.4. The monoisotopic (exact) mass is 549 g/mol. The Bertz CT molecular complexity index is 1610. The maximum atomic E-state index is 13.8. The predicted molar refractivity (Wildman–Crippen MR) is 150 cm³/mol. The van der Waals surface area contributed by atoms with Crippen LogP contribution in [0.4, 0.5) is 5.69 Å². The number of hydrogen-bond acceptors (Lipinski definition) is 9. The molecule has 9 nitrogen and oxygen atoms in total. The van der Waals surface area contributed by atoms with E-state index >= 15 is 0 Å². The van der Waals surface area contributed by atoms with Crippen LogP contribution in [0.2, 0.25) is 0 Å². The van der Waals surface area contributed by atoms with Gasteiger partial charge in [0.05, 0.1) is 36.1 Å². The molecule has 1 aliphatic heterocycles. The molecule has 4 rings (SSSR count). The Morgan fingerprint density at radius 2 is 1.77 bits per heavy atom. The van der Waals surface area contributed by atoms with Crippen LogP contribution in [0.3, 0.4) is 0 Å². The fraction of sp³-hybridized carbons (Fsp3) is 0.310. The molecule has 2 aromatic carbocycles. The Morgan fingerprint density at radius 1 is 1.08 bits per heavy atom. The van der Waals surface area contributed by atoms with Gasteiger partial charge in [0.2, 0.25) is 0 Å². The summed E-state index contributed by atoms with van der Waals surface area (Å²) in [6.07, 6.45) is 1.83. The second-order valence-electron chi connectivity index (χ2n) is 8.84. The van der Waals surface area contributed by atoms with E-state index in [4.69, 9.17) is 14.2 Å². The molecule has 2 heterocycles. The van der Waals surface area contributed by atoms with Crippen molar-refractivity contribution in [3.63, 3.8) is 0 Å². The summed E-state index contributed by atoms with van der Waals surface area (Å²) in [5, 5.41) is 0. The van der Waals surface area contributed by atoms with E-state index in [1.54, 1.807) is 25.1 Å². The van der Waals surface area contributed by atoms with Gasteiger partial charge in [-0.05, 0) is 62.2 Å². The highest BCUT2D eigenvalue weighted by Crippen LogP contribution is 2.36. The SMILES string of the molecule is CCN(CC)c1ccc(/C=c2/sc3n(c2=O)C(c2ccc(OC(C)=O)c(OC)c2)C(C(=O)OC)=C(C)N=3)cc1. The quantitative estimate of drug-likeness (QED) is 0.314. The number of nitrogens with zero attached hydrogens (tertiary/aromatic N) is 3. The molecule has 0 spiro atoms. The van der Waals surface area contributed by atoms with Crippen molar-refractivity contribution < 1.29 is 23.8 Å². The van der Waals surface area contributed by atoms with Crippen LogP contribution in [0.25, 0.3) is 6.08 Å². The predicted octanol–water partition coefficient (Wildman–Crippen LogP) is 3.19. The van der Waals surface area contributed by atoms with E-state index < -0.39 is 18.0 Å². The summed E-state index contributed by atoms with van der Waals surface area (Å²) >= 11 is 1.25. The van der Waals surface area contributed by atoms with Crippen molar-refractivity contribution in [1.29, 1.82) is 0 Å². The third-order valence-electron chi connectivity index (χ3n) is 6.50. The number of ether oxygens (including phenoxy) is 3. The lowest BCUT2D eigenvalue weighted by molar-refractivity contribution is -0.136. The molecule has 39 heavy (non-hydrogen) atoms. The number of thiazole rings is 1. The minimum atomic E-state index is -0.818. The first kappa shape index (κ1) is 27.8. The molecule has 0 saturated carbocycles. The van der Waals surface area contributed by atoms with Crippen molar-refractivity contribution in [3.8, 4) is 11.5 Å². The van der Waals surface area contributed by atoms with Crippen LogP contribution in [0.1, 0.15) is 44.9 Å². The van der Waals surface area contributed by atoms with Crippen LogP contribution < -0.4 is 29.3 Å². The molecule has 0 amide bonds. The zero-order chi connectivity index (χ0) is 28.3. The third kappa shape index (κ3) is 5.51. The first-order valence-electron chi connectivity index (χ1n) is 12.5. The van der Waals surface area contributed by atoms with E-state index in [2.05, 4.69) is 23.7 Å². The van der Waals surface area contributed by atoms with Crippen LogP contribution in [0.15, 0.2) is 63.5 Å². The Hall–Kier alpha value is -4.18. The van der Waals surface area contributed by atoms with Gasteiger partial charge in [-0.25, -0.2) is 9.79 Å². The van der Waals surface area contributed by atoms with E-state index in [0.29, 0.717) is 20.6 Å². The summed E-state index contributed by atoms with van der Waals surface area (Å²) in [6, 6.07) is 12.1. The van der Waals surface area contributed by atoms with Gasteiger partial charge >= 0.3 is 11.9 Å². The van der Waals surface area contributed by atoms with E-state index in [1.807, 2.05) is 30.3 Å². The van der Waals surface area contributed by atoms with Crippen molar-refractivity contribution in [3.05, 3.63) is 84.5 Å². The van der Waals surface area contributed by atoms with Gasteiger partial charge in [-0.2, -0.15) is 0 Å². The van der Waals surface area contributed by atoms with Crippen LogP contribution in [0, 0.1) is 0 Å². The highest BCUT2D eigenvalue weighted by atomic mass is 32.1. The smallest absolute Gasteiger partial charge is 0.338 e. The van der Waals surface area contributed by atoms with Crippen molar-refractivity contribution in [2.24, 2.45) is 4.99 Å². The van der Waals surface area contributed by atoms with Gasteiger partial charge in [0.15, 0.2) is 16.3 Å². The number of aromatic nitrogens is 1. The summed E-state index contributed by atoms with van der Waals surface area (Å²) in [4.78, 5) is 45.5. The Labute approximate surface area is 230 Å². The molecule has 0 radical (unpaired) electrons. The van der Waals surface area contributed by atoms with Gasteiger partial charge in [0.25, 0.3) is 5.56 Å². The zero-order valence-corrected chi connectivity index (χ0v) is 23.6. The lowest BCUT2D eigenvalue weighted by atomic mass is 9.95. The normalized spacial score (nSPS) is 14.9. The number of hydrogen-bond donors (Lipinski definition) is 0. The zero-order valence-electron chi connectivity index (χ0n) is 22.8. The topological polar surface area (TPSA) is 99.4 Å². The van der Waals surface area contributed by atoms with Crippen LogP contribution in [-0.4, -0.2) is 43.8 Å². The van der Waals surface area contributed by atoms with Crippen LogP contribution in [-0.2, 0) is 14.3 Å². The van der Waals surface area contributed by atoms with E-state index in [0.717, 1.165) is 24.3 Å². The van der Waals surface area contributed by atoms with Crippen molar-refractivity contribution in [1.82, 2.24) is 4.57 Å². The molecular formula is C29H31N3O6S. The molecule has 204 valence electrons. The minimum Gasteiger partial charge on any atom is -0.493 e. The number of rotatable bonds is 8.